The van der Waals surface area contributed by atoms with Gasteiger partial charge in [0.2, 0.25) is 0 Å². The molecule has 1 atom stereocenters. The Bertz CT molecular complexity index is 344. The molecule has 1 N–H and O–H groups in total. The van der Waals surface area contributed by atoms with Crippen LogP contribution >= 0.6 is 11.8 Å². The van der Waals surface area contributed by atoms with Gasteiger partial charge < -0.3 is 9.63 Å². The number of hydrogen-bond acceptors (Lipinski definition) is 4. The summed E-state index contributed by atoms with van der Waals surface area (Å²) < 4.78 is 4.98. The maximum absolute atomic E-state index is 10.6. The smallest absolute Gasteiger partial charge is 0.358 e. The molecule has 1 saturated heterocycles. The van der Waals surface area contributed by atoms with E-state index in [1.807, 2.05) is 11.8 Å². The van der Waals surface area contributed by atoms with E-state index in [4.69, 9.17) is 9.63 Å². The van der Waals surface area contributed by atoms with Crippen molar-refractivity contribution >= 4 is 17.7 Å². The minimum atomic E-state index is -1.03. The van der Waals surface area contributed by atoms with Crippen LogP contribution in [-0.2, 0) is 6.42 Å². The predicted molar refractivity (Wildman–Crippen MR) is 57.3 cm³/mol. The molecule has 2 heterocycles. The van der Waals surface area contributed by atoms with E-state index in [1.165, 1.54) is 31.1 Å². The molecule has 0 aromatic carbocycles. The van der Waals surface area contributed by atoms with Crippen LogP contribution in [0, 0.1) is 0 Å². The highest BCUT2D eigenvalue weighted by Crippen LogP contribution is 2.27. The van der Waals surface area contributed by atoms with E-state index in [0.29, 0.717) is 11.0 Å². The van der Waals surface area contributed by atoms with Gasteiger partial charge in [-0.2, -0.15) is 11.8 Å². The summed E-state index contributed by atoms with van der Waals surface area (Å²) in [6, 6.07) is 1.53. The lowest BCUT2D eigenvalue weighted by atomic mass is 10.1. The van der Waals surface area contributed by atoms with Gasteiger partial charge in [-0.3, -0.25) is 0 Å². The molecule has 0 amide bonds. The summed E-state index contributed by atoms with van der Waals surface area (Å²) in [6.07, 6.45) is 4.54. The molecule has 0 radical (unpaired) electrons. The van der Waals surface area contributed by atoms with Crippen LogP contribution in [0.4, 0.5) is 0 Å². The van der Waals surface area contributed by atoms with E-state index >= 15 is 0 Å². The Morgan fingerprint density at radius 2 is 2.53 bits per heavy atom. The lowest BCUT2D eigenvalue weighted by molar-refractivity contribution is 0.0685. The van der Waals surface area contributed by atoms with Crippen molar-refractivity contribution in [1.82, 2.24) is 5.16 Å². The molecule has 82 valence electrons. The van der Waals surface area contributed by atoms with Crippen molar-refractivity contribution < 1.29 is 14.4 Å². The zero-order valence-electron chi connectivity index (χ0n) is 8.31. The van der Waals surface area contributed by atoms with E-state index in [1.54, 1.807) is 0 Å². The number of aromatic nitrogens is 1. The molecule has 5 heteroatoms. The van der Waals surface area contributed by atoms with E-state index in [2.05, 4.69) is 5.16 Å². The molecule has 1 aliphatic rings. The largest absolute Gasteiger partial charge is 0.476 e. The van der Waals surface area contributed by atoms with Crippen LogP contribution in [-0.4, -0.2) is 27.2 Å². The van der Waals surface area contributed by atoms with Crippen molar-refractivity contribution in [1.29, 1.82) is 0 Å². The minimum absolute atomic E-state index is 0.00538. The van der Waals surface area contributed by atoms with Gasteiger partial charge in [0.25, 0.3) is 0 Å². The summed E-state index contributed by atoms with van der Waals surface area (Å²) in [5, 5.41) is 12.7. The van der Waals surface area contributed by atoms with Gasteiger partial charge in [0, 0.05) is 17.7 Å². The molecular formula is C10H13NO3S. The first-order valence-corrected chi connectivity index (χ1v) is 6.11. The van der Waals surface area contributed by atoms with Crippen LogP contribution < -0.4 is 0 Å². The van der Waals surface area contributed by atoms with Gasteiger partial charge in [0.1, 0.15) is 5.76 Å². The Morgan fingerprint density at radius 3 is 3.13 bits per heavy atom. The lowest BCUT2D eigenvalue weighted by Gasteiger charge is -2.19. The van der Waals surface area contributed by atoms with E-state index in [-0.39, 0.29) is 5.69 Å². The number of carboxylic acid groups (broad SMARTS) is 1. The molecule has 0 bridgehead atoms. The van der Waals surface area contributed by atoms with Crippen LogP contribution in [0.2, 0.25) is 0 Å². The molecule has 0 saturated carbocycles. The van der Waals surface area contributed by atoms with Crippen molar-refractivity contribution in [2.24, 2.45) is 0 Å². The maximum Gasteiger partial charge on any atom is 0.358 e. The van der Waals surface area contributed by atoms with Crippen molar-refractivity contribution in [2.75, 3.05) is 5.75 Å². The van der Waals surface area contributed by atoms with E-state index in [9.17, 15) is 4.79 Å². The topological polar surface area (TPSA) is 63.3 Å². The first-order chi connectivity index (χ1) is 7.25. The van der Waals surface area contributed by atoms with Gasteiger partial charge >= 0.3 is 5.97 Å². The van der Waals surface area contributed by atoms with Crippen LogP contribution in [0.1, 0.15) is 35.5 Å². The lowest BCUT2D eigenvalue weighted by Crippen LogP contribution is -2.11. The zero-order valence-corrected chi connectivity index (χ0v) is 9.13. The van der Waals surface area contributed by atoms with Gasteiger partial charge in [0.15, 0.2) is 5.69 Å². The van der Waals surface area contributed by atoms with Gasteiger partial charge in [-0.25, -0.2) is 4.79 Å². The van der Waals surface area contributed by atoms with Crippen molar-refractivity contribution in [2.45, 2.75) is 30.9 Å². The number of carboxylic acids is 1. The Labute approximate surface area is 92.0 Å². The van der Waals surface area contributed by atoms with Crippen LogP contribution in [0.3, 0.4) is 0 Å². The zero-order chi connectivity index (χ0) is 10.7. The normalized spacial score (nSPS) is 21.5. The quantitative estimate of drug-likeness (QED) is 0.857. The number of thioether (sulfide) groups is 1. The fourth-order valence-corrected chi connectivity index (χ4v) is 3.02. The molecule has 1 aromatic rings. The monoisotopic (exact) mass is 227 g/mol. The molecule has 2 rings (SSSR count). The molecule has 1 fully saturated rings. The fourth-order valence-electron chi connectivity index (χ4n) is 1.70. The average molecular weight is 227 g/mol. The Balaban J connectivity index is 1.94. The number of carbonyl (C=O) groups is 1. The van der Waals surface area contributed by atoms with Crippen LogP contribution in [0.25, 0.3) is 0 Å². The average Bonchev–Trinajstić information content (AvgIpc) is 2.68. The third kappa shape index (κ3) is 2.75. The van der Waals surface area contributed by atoms with Gasteiger partial charge in [-0.15, -0.1) is 0 Å². The van der Waals surface area contributed by atoms with Gasteiger partial charge in [-0.1, -0.05) is 11.6 Å². The number of aromatic carboxylic acids is 1. The summed E-state index contributed by atoms with van der Waals surface area (Å²) >= 11 is 1.94. The molecular weight excluding hydrogens is 214 g/mol. The molecule has 1 aliphatic heterocycles. The molecule has 0 spiro atoms. The summed E-state index contributed by atoms with van der Waals surface area (Å²) in [5.41, 5.74) is 0.00538. The van der Waals surface area contributed by atoms with E-state index in [0.717, 1.165) is 6.42 Å². The maximum atomic E-state index is 10.6. The number of hydrogen-bond donors (Lipinski definition) is 1. The highest BCUT2D eigenvalue weighted by Gasteiger charge is 2.18. The first kappa shape index (κ1) is 10.5. The first-order valence-electron chi connectivity index (χ1n) is 5.06. The Kier molecular flexibility index (Phi) is 3.30. The Morgan fingerprint density at radius 1 is 1.67 bits per heavy atom. The third-order valence-corrected chi connectivity index (χ3v) is 3.88. The molecule has 4 nitrogen and oxygen atoms in total. The summed E-state index contributed by atoms with van der Waals surface area (Å²) in [6.45, 7) is 0. The van der Waals surface area contributed by atoms with Crippen molar-refractivity contribution in [3.05, 3.63) is 17.5 Å². The SMILES string of the molecule is O=C(O)c1cc(CC2CCCCS2)on1. The molecule has 0 aliphatic carbocycles. The van der Waals surface area contributed by atoms with Crippen LogP contribution in [0.5, 0.6) is 0 Å². The molecule has 15 heavy (non-hydrogen) atoms. The summed E-state index contributed by atoms with van der Waals surface area (Å²) in [5.74, 6) is 0.859. The van der Waals surface area contributed by atoms with Crippen molar-refractivity contribution in [3.63, 3.8) is 0 Å². The van der Waals surface area contributed by atoms with Gasteiger partial charge in [-0.05, 0) is 18.6 Å². The molecule has 1 aromatic heterocycles. The third-order valence-electron chi connectivity index (χ3n) is 2.48. The van der Waals surface area contributed by atoms with Crippen LogP contribution in [0.15, 0.2) is 10.6 Å². The minimum Gasteiger partial charge on any atom is -0.476 e. The fraction of sp³-hybridized carbons (Fsp3) is 0.600. The van der Waals surface area contributed by atoms with Gasteiger partial charge in [0.05, 0.1) is 0 Å². The predicted octanol–water partition coefficient (Wildman–Crippen LogP) is 2.20. The highest BCUT2D eigenvalue weighted by atomic mass is 32.2. The highest BCUT2D eigenvalue weighted by molar-refractivity contribution is 7.99. The second kappa shape index (κ2) is 4.70. The summed E-state index contributed by atoms with van der Waals surface area (Å²) in [7, 11) is 0. The Hall–Kier alpha value is -0.970. The summed E-state index contributed by atoms with van der Waals surface area (Å²) in [4.78, 5) is 10.6. The van der Waals surface area contributed by atoms with E-state index < -0.39 is 5.97 Å². The standard InChI is InChI=1S/C10H13NO3S/c12-10(13)9-6-7(14-11-9)5-8-3-1-2-4-15-8/h6,8H,1-5H2,(H,12,13). The second-order valence-corrected chi connectivity index (χ2v) is 5.08. The van der Waals surface area contributed by atoms with Crippen molar-refractivity contribution in [3.8, 4) is 0 Å². The second-order valence-electron chi connectivity index (χ2n) is 3.68. The molecule has 1 unspecified atom stereocenters. The number of rotatable bonds is 3. The number of nitrogens with zero attached hydrogens (tertiary/aromatic N) is 1.